The number of fused-ring (bicyclic) bond motifs is 1. The summed E-state index contributed by atoms with van der Waals surface area (Å²) in [6.45, 7) is 0. The van der Waals surface area contributed by atoms with E-state index in [1.54, 1.807) is 17.5 Å². The van der Waals surface area contributed by atoms with Crippen molar-refractivity contribution < 1.29 is 0 Å². The number of para-hydroxylation sites is 1. The summed E-state index contributed by atoms with van der Waals surface area (Å²) in [5.74, 6) is 0. The lowest BCUT2D eigenvalue weighted by atomic mass is 10.2. The number of thiazole rings is 1. The number of halogens is 1. The third-order valence-electron chi connectivity index (χ3n) is 2.15. The van der Waals surface area contributed by atoms with Gasteiger partial charge < -0.3 is 4.98 Å². The van der Waals surface area contributed by atoms with Gasteiger partial charge in [0.1, 0.15) is 10.5 Å². The molecule has 3 aromatic rings. The van der Waals surface area contributed by atoms with Crippen LogP contribution in [0.5, 0.6) is 0 Å². The fourth-order valence-corrected chi connectivity index (χ4v) is 2.38. The van der Waals surface area contributed by atoms with Crippen LogP contribution in [0.25, 0.3) is 21.6 Å². The van der Waals surface area contributed by atoms with E-state index in [9.17, 15) is 0 Å². The molecule has 0 aliphatic heterocycles. The molecule has 0 saturated heterocycles. The maximum absolute atomic E-state index is 5.83. The second kappa shape index (κ2) is 3.32. The van der Waals surface area contributed by atoms with Crippen molar-refractivity contribution in [3.63, 3.8) is 0 Å². The Hall–Kier alpha value is -1.39. The minimum absolute atomic E-state index is 0.411. The first-order valence-electron chi connectivity index (χ1n) is 4.39. The Kier molecular flexibility index (Phi) is 1.97. The lowest BCUT2D eigenvalue weighted by Gasteiger charge is -1.96. The van der Waals surface area contributed by atoms with E-state index in [-0.39, 0.29) is 0 Å². The van der Waals surface area contributed by atoms with Gasteiger partial charge in [0, 0.05) is 17.1 Å². The van der Waals surface area contributed by atoms with Crippen LogP contribution >= 0.6 is 22.9 Å². The molecule has 2 aromatic heterocycles. The van der Waals surface area contributed by atoms with Crippen molar-refractivity contribution in [3.8, 4) is 10.6 Å². The van der Waals surface area contributed by atoms with Gasteiger partial charge in [0.15, 0.2) is 0 Å². The number of aromatic nitrogens is 3. The number of benzene rings is 1. The fourth-order valence-electron chi connectivity index (χ4n) is 1.53. The molecular weight excluding hydrogens is 230 g/mol. The van der Waals surface area contributed by atoms with E-state index >= 15 is 0 Å². The monoisotopic (exact) mass is 235 g/mol. The largest absolute Gasteiger partial charge is 0.329 e. The van der Waals surface area contributed by atoms with Gasteiger partial charge in [-0.1, -0.05) is 6.07 Å². The average Bonchev–Trinajstić information content (AvgIpc) is 2.82. The molecule has 1 aromatic carbocycles. The van der Waals surface area contributed by atoms with Gasteiger partial charge in [-0.3, -0.25) is 0 Å². The summed E-state index contributed by atoms with van der Waals surface area (Å²) in [5.41, 5.74) is 2.83. The molecule has 0 atom stereocenters. The Morgan fingerprint density at radius 1 is 1.33 bits per heavy atom. The Bertz CT molecular complexity index is 600. The first kappa shape index (κ1) is 8.88. The molecule has 0 saturated carbocycles. The second-order valence-electron chi connectivity index (χ2n) is 3.07. The Morgan fingerprint density at radius 2 is 2.27 bits per heavy atom. The normalized spacial score (nSPS) is 11.0. The zero-order chi connectivity index (χ0) is 10.3. The quantitative estimate of drug-likeness (QED) is 0.703. The van der Waals surface area contributed by atoms with Crippen molar-refractivity contribution in [1.29, 1.82) is 0 Å². The molecule has 3 rings (SSSR count). The highest BCUT2D eigenvalue weighted by atomic mass is 35.5. The predicted octanol–water partition coefficient (Wildman–Crippen LogP) is 3.34. The van der Waals surface area contributed by atoms with Crippen LogP contribution in [0.2, 0.25) is 5.28 Å². The van der Waals surface area contributed by atoms with Crippen molar-refractivity contribution in [2.24, 2.45) is 0 Å². The van der Waals surface area contributed by atoms with E-state index in [0.29, 0.717) is 5.28 Å². The van der Waals surface area contributed by atoms with Crippen LogP contribution in [0, 0.1) is 0 Å². The van der Waals surface area contributed by atoms with Crippen LogP contribution in [0.3, 0.4) is 0 Å². The lowest BCUT2D eigenvalue weighted by molar-refractivity contribution is 1.34. The number of nitrogens with zero attached hydrogens (tertiary/aromatic N) is 2. The van der Waals surface area contributed by atoms with Crippen LogP contribution in [-0.4, -0.2) is 15.0 Å². The molecule has 0 amide bonds. The minimum Gasteiger partial charge on any atom is -0.329 e. The molecule has 15 heavy (non-hydrogen) atoms. The topological polar surface area (TPSA) is 41.6 Å². The lowest BCUT2D eigenvalue weighted by Crippen LogP contribution is -1.78. The van der Waals surface area contributed by atoms with Crippen molar-refractivity contribution in [2.45, 2.75) is 0 Å². The molecule has 2 heterocycles. The van der Waals surface area contributed by atoms with Crippen molar-refractivity contribution in [3.05, 3.63) is 35.1 Å². The van der Waals surface area contributed by atoms with Crippen LogP contribution < -0.4 is 0 Å². The van der Waals surface area contributed by atoms with Crippen molar-refractivity contribution >= 4 is 34.0 Å². The van der Waals surface area contributed by atoms with Gasteiger partial charge in [-0.2, -0.15) is 0 Å². The second-order valence-corrected chi connectivity index (χ2v) is 4.32. The zero-order valence-electron chi connectivity index (χ0n) is 7.57. The molecule has 0 unspecified atom stereocenters. The molecule has 5 heteroatoms. The van der Waals surface area contributed by atoms with Crippen LogP contribution in [0.4, 0.5) is 0 Å². The standard InChI is InChI=1S/C10H6ClN3S/c11-10-13-7-3-1-2-6(8(7)14-10)9-12-4-5-15-9/h1-5H,(H,13,14). The summed E-state index contributed by atoms with van der Waals surface area (Å²) in [5, 5.41) is 3.32. The Balaban J connectivity index is 2.35. The number of hydrogen-bond donors (Lipinski definition) is 1. The fraction of sp³-hybridized carbons (Fsp3) is 0. The molecule has 74 valence electrons. The number of hydrogen-bond acceptors (Lipinski definition) is 3. The van der Waals surface area contributed by atoms with Crippen molar-refractivity contribution in [1.82, 2.24) is 15.0 Å². The minimum atomic E-state index is 0.411. The van der Waals surface area contributed by atoms with E-state index in [1.165, 1.54) is 0 Å². The van der Waals surface area contributed by atoms with Crippen molar-refractivity contribution in [2.75, 3.05) is 0 Å². The maximum Gasteiger partial charge on any atom is 0.201 e. The number of nitrogens with one attached hydrogen (secondary N) is 1. The summed E-state index contributed by atoms with van der Waals surface area (Å²) in [6.07, 6.45) is 1.78. The van der Waals surface area contributed by atoms with Gasteiger partial charge in [-0.05, 0) is 23.7 Å². The molecule has 1 N–H and O–H groups in total. The zero-order valence-corrected chi connectivity index (χ0v) is 9.14. The Morgan fingerprint density at radius 3 is 3.07 bits per heavy atom. The third kappa shape index (κ3) is 1.42. The van der Waals surface area contributed by atoms with E-state index in [1.807, 2.05) is 23.6 Å². The molecule has 0 bridgehead atoms. The van der Waals surface area contributed by atoms with Crippen LogP contribution in [0.1, 0.15) is 0 Å². The summed E-state index contributed by atoms with van der Waals surface area (Å²) >= 11 is 7.42. The first-order chi connectivity index (χ1) is 7.34. The average molecular weight is 236 g/mol. The van der Waals surface area contributed by atoms with Crippen LogP contribution in [0.15, 0.2) is 29.8 Å². The summed E-state index contributed by atoms with van der Waals surface area (Å²) < 4.78 is 0. The SMILES string of the molecule is Clc1nc2c(-c3nccs3)cccc2[nH]1. The third-order valence-corrected chi connectivity index (χ3v) is 3.13. The smallest absolute Gasteiger partial charge is 0.201 e. The molecule has 0 radical (unpaired) electrons. The maximum atomic E-state index is 5.83. The molecule has 0 fully saturated rings. The predicted molar refractivity (Wildman–Crippen MR) is 62.2 cm³/mol. The van der Waals surface area contributed by atoms with Crippen LogP contribution in [-0.2, 0) is 0 Å². The first-order valence-corrected chi connectivity index (χ1v) is 5.64. The summed E-state index contributed by atoms with van der Waals surface area (Å²) in [4.78, 5) is 11.5. The number of imidazole rings is 1. The number of aromatic amines is 1. The van der Waals surface area contributed by atoms with E-state index in [0.717, 1.165) is 21.6 Å². The molecule has 0 spiro atoms. The van der Waals surface area contributed by atoms with Gasteiger partial charge in [0.2, 0.25) is 5.28 Å². The number of H-pyrrole nitrogens is 1. The van der Waals surface area contributed by atoms with Gasteiger partial charge in [-0.15, -0.1) is 11.3 Å². The molecule has 0 aliphatic rings. The highest BCUT2D eigenvalue weighted by Gasteiger charge is 2.09. The highest BCUT2D eigenvalue weighted by molar-refractivity contribution is 7.13. The van der Waals surface area contributed by atoms with E-state index in [4.69, 9.17) is 11.6 Å². The highest BCUT2D eigenvalue weighted by Crippen LogP contribution is 2.29. The van der Waals surface area contributed by atoms with E-state index < -0.39 is 0 Å². The summed E-state index contributed by atoms with van der Waals surface area (Å²) in [6, 6.07) is 5.91. The van der Waals surface area contributed by atoms with E-state index in [2.05, 4.69) is 15.0 Å². The van der Waals surface area contributed by atoms with Gasteiger partial charge >= 0.3 is 0 Å². The summed E-state index contributed by atoms with van der Waals surface area (Å²) in [7, 11) is 0. The number of rotatable bonds is 1. The Labute approximate surface area is 94.8 Å². The molecule has 0 aliphatic carbocycles. The molecule has 3 nitrogen and oxygen atoms in total. The van der Waals surface area contributed by atoms with Gasteiger partial charge in [-0.25, -0.2) is 9.97 Å². The molecular formula is C10H6ClN3S. The van der Waals surface area contributed by atoms with Gasteiger partial charge in [0.25, 0.3) is 0 Å². The van der Waals surface area contributed by atoms with Gasteiger partial charge in [0.05, 0.1) is 5.52 Å².